The van der Waals surface area contributed by atoms with Gasteiger partial charge in [0.2, 0.25) is 5.69 Å². The zero-order chi connectivity index (χ0) is 36.7. The second-order valence-corrected chi connectivity index (χ2v) is 15.1. The molecule has 0 amide bonds. The van der Waals surface area contributed by atoms with Gasteiger partial charge >= 0.3 is 0 Å². The zero-order valence-corrected chi connectivity index (χ0v) is 28.3. The lowest BCUT2D eigenvalue weighted by Gasteiger charge is -2.35. The molecule has 0 radical (unpaired) electrons. The summed E-state index contributed by atoms with van der Waals surface area (Å²) in [5.41, 5.74) is 9.27. The number of fused-ring (bicyclic) bond motifs is 3. The highest BCUT2D eigenvalue weighted by molar-refractivity contribution is 6.10. The Labute approximate surface area is 282 Å². The maximum Gasteiger partial charge on any atom is 0.216 e. The molecule has 2 nitrogen and oxygen atoms in total. The number of aryl methyl sites for hydroxylation is 3. The number of furan rings is 1. The number of aromatic nitrogens is 1. The molecule has 46 heavy (non-hydrogen) atoms. The van der Waals surface area contributed by atoms with Crippen LogP contribution in [0.3, 0.4) is 0 Å². The summed E-state index contributed by atoms with van der Waals surface area (Å²) >= 11 is 0. The molecule has 0 unspecified atom stereocenters. The van der Waals surface area contributed by atoms with Gasteiger partial charge < -0.3 is 4.42 Å². The van der Waals surface area contributed by atoms with E-state index in [2.05, 4.69) is 90.1 Å². The number of hydrogen-bond acceptors (Lipinski definition) is 1. The second-order valence-electron chi connectivity index (χ2n) is 15.1. The van der Waals surface area contributed by atoms with Crippen molar-refractivity contribution in [2.24, 2.45) is 12.5 Å². The second kappa shape index (κ2) is 11.3. The van der Waals surface area contributed by atoms with Crippen LogP contribution in [0.25, 0.3) is 55.4 Å². The largest absolute Gasteiger partial charge is 0.455 e. The van der Waals surface area contributed by atoms with E-state index in [0.29, 0.717) is 11.1 Å². The summed E-state index contributed by atoms with van der Waals surface area (Å²) in [6, 6.07) is 26.9. The summed E-state index contributed by atoms with van der Waals surface area (Å²) < 4.78 is 53.6. The third-order valence-corrected chi connectivity index (χ3v) is 10.1. The van der Waals surface area contributed by atoms with Crippen LogP contribution in [0.1, 0.15) is 95.3 Å². The molecule has 2 heterocycles. The van der Waals surface area contributed by atoms with Gasteiger partial charge in [0.1, 0.15) is 18.2 Å². The summed E-state index contributed by atoms with van der Waals surface area (Å²) in [4.78, 5) is 0. The van der Waals surface area contributed by atoms with Crippen molar-refractivity contribution in [3.05, 3.63) is 113 Å². The molecule has 2 aromatic heterocycles. The van der Waals surface area contributed by atoms with Gasteiger partial charge in [-0.15, -0.1) is 0 Å². The highest BCUT2D eigenvalue weighted by Crippen LogP contribution is 2.45. The first-order valence-corrected chi connectivity index (χ1v) is 16.6. The lowest BCUT2D eigenvalue weighted by atomic mass is 9.70. The molecule has 6 aromatic rings. The predicted molar refractivity (Wildman–Crippen MR) is 194 cm³/mol. The Hall–Kier alpha value is -4.17. The quantitative estimate of drug-likeness (QED) is 0.181. The fourth-order valence-corrected chi connectivity index (χ4v) is 7.20. The van der Waals surface area contributed by atoms with E-state index in [1.165, 1.54) is 0 Å². The fraction of sp³-hybridized carbons (Fsp3) is 0.341. The number of hydrogen-bond donors (Lipinski definition) is 0. The van der Waals surface area contributed by atoms with E-state index in [-0.39, 0.29) is 17.0 Å². The van der Waals surface area contributed by atoms with E-state index in [4.69, 9.17) is 8.53 Å². The number of benzene rings is 4. The summed E-state index contributed by atoms with van der Waals surface area (Å²) in [5, 5.41) is 2.01. The van der Waals surface area contributed by atoms with E-state index in [1.54, 1.807) is 6.20 Å². The average molecular weight is 612 g/mol. The molecule has 0 saturated heterocycles. The minimum Gasteiger partial charge on any atom is -0.455 e. The molecular weight excluding hydrogens is 558 g/mol. The molecule has 2 heteroatoms. The van der Waals surface area contributed by atoms with Crippen LogP contribution in [0.5, 0.6) is 0 Å². The zero-order valence-electron chi connectivity index (χ0n) is 33.3. The van der Waals surface area contributed by atoms with Gasteiger partial charge in [0.15, 0.2) is 6.20 Å². The van der Waals surface area contributed by atoms with Crippen molar-refractivity contribution in [2.75, 3.05) is 0 Å². The molecule has 1 aliphatic carbocycles. The lowest BCUT2D eigenvalue weighted by molar-refractivity contribution is -0.660. The molecule has 4 aromatic carbocycles. The third-order valence-electron chi connectivity index (χ3n) is 10.1. The van der Waals surface area contributed by atoms with Crippen LogP contribution < -0.4 is 4.57 Å². The summed E-state index contributed by atoms with van der Waals surface area (Å²) in [5.74, 6) is -0.778. The molecule has 1 saturated carbocycles. The Kier molecular flexibility index (Phi) is 6.12. The Balaban J connectivity index is 1.46. The number of nitrogens with zero attached hydrogens (tertiary/aromatic N) is 1. The standard InChI is InChI=1S/C44H48NO/c1-28-14-17-36-35-19-16-33(30-12-10-9-11-13-30)25-40(35)46-42(36)41(28)39-26-37(29(2)27-45(39)8)34-18-15-32(24-38(34)43(3,4)5)31-20-22-44(6,7)23-21-31/h9-19,24-27,31H,20-23H2,1-8H3/q+1/i2D3,18D,31D. The molecule has 0 bridgehead atoms. The molecular formula is C44H48NO+. The maximum atomic E-state index is 9.55. The van der Waals surface area contributed by atoms with Gasteiger partial charge in [-0.25, -0.2) is 4.57 Å². The third kappa shape index (κ3) is 5.46. The van der Waals surface area contributed by atoms with Gasteiger partial charge in [-0.1, -0.05) is 101 Å². The van der Waals surface area contributed by atoms with Crippen LogP contribution in [0.2, 0.25) is 0 Å². The smallest absolute Gasteiger partial charge is 0.216 e. The van der Waals surface area contributed by atoms with Crippen molar-refractivity contribution in [2.45, 2.75) is 85.4 Å². The van der Waals surface area contributed by atoms with Gasteiger partial charge in [-0.3, -0.25) is 0 Å². The highest BCUT2D eigenvalue weighted by atomic mass is 16.3. The Morgan fingerprint density at radius 2 is 1.61 bits per heavy atom. The van der Waals surface area contributed by atoms with E-state index in [1.807, 2.05) is 41.9 Å². The number of pyridine rings is 1. The minimum absolute atomic E-state index is 0.197. The normalized spacial score (nSPS) is 18.1. The molecule has 1 fully saturated rings. The minimum atomic E-state index is -2.42. The van der Waals surface area contributed by atoms with Crippen LogP contribution in [-0.4, -0.2) is 0 Å². The lowest BCUT2D eigenvalue weighted by Crippen LogP contribution is -2.31. The Bertz CT molecular complexity index is 2300. The molecule has 0 aliphatic heterocycles. The molecule has 7 rings (SSSR count). The topological polar surface area (TPSA) is 17.0 Å². The molecule has 0 spiro atoms. The van der Waals surface area contributed by atoms with Crippen LogP contribution in [0.15, 0.2) is 95.5 Å². The Morgan fingerprint density at radius 3 is 2.33 bits per heavy atom. The first kappa shape index (κ1) is 25.0. The summed E-state index contributed by atoms with van der Waals surface area (Å²) in [6.07, 6.45) is 5.10. The van der Waals surface area contributed by atoms with Gasteiger partial charge in [0.05, 0.1) is 6.93 Å². The van der Waals surface area contributed by atoms with Crippen molar-refractivity contribution < 1.29 is 15.8 Å². The fourth-order valence-electron chi connectivity index (χ4n) is 7.20. The van der Waals surface area contributed by atoms with Gasteiger partial charge in [-0.2, -0.15) is 0 Å². The van der Waals surface area contributed by atoms with Crippen LogP contribution in [0, 0.1) is 19.2 Å². The van der Waals surface area contributed by atoms with E-state index >= 15 is 0 Å². The summed E-state index contributed by atoms with van der Waals surface area (Å²) in [7, 11) is 1.88. The first-order chi connectivity index (χ1) is 23.9. The van der Waals surface area contributed by atoms with Crippen LogP contribution in [-0.2, 0) is 12.5 Å². The van der Waals surface area contributed by atoms with Gasteiger partial charge in [0.25, 0.3) is 0 Å². The highest BCUT2D eigenvalue weighted by Gasteiger charge is 2.30. The predicted octanol–water partition coefficient (Wildman–Crippen LogP) is 12.0. The van der Waals surface area contributed by atoms with Crippen molar-refractivity contribution in [3.8, 4) is 33.5 Å². The van der Waals surface area contributed by atoms with Crippen molar-refractivity contribution >= 4 is 21.9 Å². The number of rotatable bonds is 4. The van der Waals surface area contributed by atoms with E-state index in [0.717, 1.165) is 86.7 Å². The van der Waals surface area contributed by atoms with Gasteiger partial charge in [0, 0.05) is 27.9 Å². The van der Waals surface area contributed by atoms with Crippen LogP contribution in [0.4, 0.5) is 0 Å². The van der Waals surface area contributed by atoms with E-state index in [9.17, 15) is 2.74 Å². The molecule has 234 valence electrons. The molecule has 1 aliphatic rings. The first-order valence-electron chi connectivity index (χ1n) is 19.1. The Morgan fingerprint density at radius 1 is 0.870 bits per heavy atom. The van der Waals surface area contributed by atoms with Gasteiger partial charge in [-0.05, 0) is 107 Å². The van der Waals surface area contributed by atoms with Crippen molar-refractivity contribution in [1.82, 2.24) is 0 Å². The maximum absolute atomic E-state index is 9.55. The van der Waals surface area contributed by atoms with Crippen molar-refractivity contribution in [3.63, 3.8) is 0 Å². The molecule has 0 N–H and O–H groups in total. The molecule has 0 atom stereocenters. The SMILES string of the molecule is [2H]c1cc(C2([2H])CCC(C)(C)CC2)cc(C(C)(C)C)c1-c1cc(-c2c(C)ccc3c2oc2cc(-c4ccccc4)ccc23)[n+](C)cc1C([2H])([2H])[2H]. The van der Waals surface area contributed by atoms with Crippen LogP contribution >= 0.6 is 0 Å². The van der Waals surface area contributed by atoms with Crippen molar-refractivity contribution in [1.29, 1.82) is 0 Å². The van der Waals surface area contributed by atoms with E-state index < -0.39 is 18.2 Å². The monoisotopic (exact) mass is 611 g/mol. The summed E-state index contributed by atoms with van der Waals surface area (Å²) in [6.45, 7) is 10.5. The average Bonchev–Trinajstić information content (AvgIpc) is 3.43.